The van der Waals surface area contributed by atoms with E-state index in [4.69, 9.17) is 5.11 Å². The fourth-order valence-corrected chi connectivity index (χ4v) is 1.55. The molecule has 1 heterocycles. The van der Waals surface area contributed by atoms with Gasteiger partial charge in [-0.1, -0.05) is 11.3 Å². The summed E-state index contributed by atoms with van der Waals surface area (Å²) in [7, 11) is 0. The van der Waals surface area contributed by atoms with Gasteiger partial charge in [0.1, 0.15) is 5.69 Å². The standard InChI is InChI=1S/C10H10N4O3/c1-7-9(3-2-4-10(7)14(16)17)13-5-8(6-15)11-12-13/h2-5,15H,6H2,1H3. The number of nitrogens with zero attached hydrogens (tertiary/aromatic N) is 4. The monoisotopic (exact) mass is 234 g/mol. The van der Waals surface area contributed by atoms with Crippen molar-refractivity contribution >= 4 is 5.69 Å². The zero-order valence-electron chi connectivity index (χ0n) is 9.07. The molecule has 0 aliphatic heterocycles. The molecule has 17 heavy (non-hydrogen) atoms. The van der Waals surface area contributed by atoms with Crippen LogP contribution in [-0.4, -0.2) is 25.0 Å². The van der Waals surface area contributed by atoms with Gasteiger partial charge in [0, 0.05) is 6.07 Å². The molecule has 0 atom stereocenters. The first-order chi connectivity index (χ1) is 8.13. The Morgan fingerprint density at radius 1 is 1.53 bits per heavy atom. The topological polar surface area (TPSA) is 94.1 Å². The van der Waals surface area contributed by atoms with Gasteiger partial charge in [0.25, 0.3) is 5.69 Å². The molecule has 0 aliphatic carbocycles. The fourth-order valence-electron chi connectivity index (χ4n) is 1.55. The average Bonchev–Trinajstić information content (AvgIpc) is 2.77. The molecule has 1 N–H and O–H groups in total. The lowest BCUT2D eigenvalue weighted by molar-refractivity contribution is -0.385. The molecule has 0 fully saturated rings. The Balaban J connectivity index is 2.52. The highest BCUT2D eigenvalue weighted by atomic mass is 16.6. The number of rotatable bonds is 3. The van der Waals surface area contributed by atoms with Crippen molar-refractivity contribution in [2.45, 2.75) is 13.5 Å². The first-order valence-electron chi connectivity index (χ1n) is 4.90. The maximum absolute atomic E-state index is 10.8. The van der Waals surface area contributed by atoms with E-state index in [0.717, 1.165) is 0 Å². The minimum atomic E-state index is -0.442. The Bertz CT molecular complexity index is 564. The molecule has 0 radical (unpaired) electrons. The Morgan fingerprint density at radius 2 is 2.29 bits per heavy atom. The molecule has 2 rings (SSSR count). The number of aliphatic hydroxyl groups excluding tert-OH is 1. The van der Waals surface area contributed by atoms with Gasteiger partial charge in [0.15, 0.2) is 0 Å². The normalized spacial score (nSPS) is 10.5. The minimum Gasteiger partial charge on any atom is -0.390 e. The van der Waals surface area contributed by atoms with E-state index in [2.05, 4.69) is 10.3 Å². The summed E-state index contributed by atoms with van der Waals surface area (Å²) in [5.41, 5.74) is 1.53. The summed E-state index contributed by atoms with van der Waals surface area (Å²) >= 11 is 0. The van der Waals surface area contributed by atoms with Crippen molar-refractivity contribution in [3.63, 3.8) is 0 Å². The zero-order valence-corrected chi connectivity index (χ0v) is 9.07. The van der Waals surface area contributed by atoms with E-state index < -0.39 is 4.92 Å². The lowest BCUT2D eigenvalue weighted by Gasteiger charge is -2.04. The molecule has 88 valence electrons. The SMILES string of the molecule is Cc1c(-n2cc(CO)nn2)cccc1[N+](=O)[O-]. The van der Waals surface area contributed by atoms with Crippen LogP contribution in [0.15, 0.2) is 24.4 Å². The van der Waals surface area contributed by atoms with Crippen molar-refractivity contribution < 1.29 is 10.0 Å². The molecule has 0 saturated carbocycles. The average molecular weight is 234 g/mol. The highest BCUT2D eigenvalue weighted by Gasteiger charge is 2.15. The van der Waals surface area contributed by atoms with E-state index >= 15 is 0 Å². The van der Waals surface area contributed by atoms with E-state index in [9.17, 15) is 10.1 Å². The summed E-state index contributed by atoms with van der Waals surface area (Å²) in [6, 6.07) is 4.72. The second kappa shape index (κ2) is 4.30. The van der Waals surface area contributed by atoms with Crippen molar-refractivity contribution in [3.05, 3.63) is 45.8 Å². The van der Waals surface area contributed by atoms with Crippen LogP contribution in [0.3, 0.4) is 0 Å². The van der Waals surface area contributed by atoms with Crippen molar-refractivity contribution in [2.24, 2.45) is 0 Å². The van der Waals surface area contributed by atoms with Crippen LogP contribution in [0.2, 0.25) is 0 Å². The molecule has 7 nitrogen and oxygen atoms in total. The molecule has 1 aromatic heterocycles. The number of nitro benzene ring substituents is 1. The van der Waals surface area contributed by atoms with Crippen molar-refractivity contribution in [1.29, 1.82) is 0 Å². The van der Waals surface area contributed by atoms with Gasteiger partial charge in [-0.15, -0.1) is 5.10 Å². The van der Waals surface area contributed by atoms with Gasteiger partial charge in [-0.05, 0) is 13.0 Å². The highest BCUT2D eigenvalue weighted by Crippen LogP contribution is 2.23. The number of hydrogen-bond acceptors (Lipinski definition) is 5. The third-order valence-electron chi connectivity index (χ3n) is 2.42. The van der Waals surface area contributed by atoms with Gasteiger partial charge in [-0.3, -0.25) is 10.1 Å². The first-order valence-corrected chi connectivity index (χ1v) is 4.90. The molecule has 0 aliphatic rings. The fraction of sp³-hybridized carbons (Fsp3) is 0.200. The predicted octanol–water partition coefficient (Wildman–Crippen LogP) is 0.976. The summed E-state index contributed by atoms with van der Waals surface area (Å²) < 4.78 is 1.41. The molecule has 0 amide bonds. The largest absolute Gasteiger partial charge is 0.390 e. The van der Waals surface area contributed by atoms with Crippen LogP contribution in [0.1, 0.15) is 11.3 Å². The molecular formula is C10H10N4O3. The quantitative estimate of drug-likeness (QED) is 0.631. The molecule has 0 unspecified atom stereocenters. The van der Waals surface area contributed by atoms with E-state index in [1.54, 1.807) is 19.1 Å². The first kappa shape index (κ1) is 11.2. The van der Waals surface area contributed by atoms with Crippen LogP contribution in [0.4, 0.5) is 5.69 Å². The number of aromatic nitrogens is 3. The Kier molecular flexibility index (Phi) is 2.84. The van der Waals surface area contributed by atoms with E-state index in [0.29, 0.717) is 16.9 Å². The van der Waals surface area contributed by atoms with Crippen molar-refractivity contribution in [1.82, 2.24) is 15.0 Å². The van der Waals surface area contributed by atoms with E-state index in [1.807, 2.05) is 0 Å². The van der Waals surface area contributed by atoms with Crippen LogP contribution in [0.5, 0.6) is 0 Å². The van der Waals surface area contributed by atoms with Crippen LogP contribution in [0, 0.1) is 17.0 Å². The van der Waals surface area contributed by atoms with Gasteiger partial charge < -0.3 is 5.11 Å². The Hall–Kier alpha value is -2.28. The van der Waals surface area contributed by atoms with Gasteiger partial charge in [-0.25, -0.2) is 4.68 Å². The molecular weight excluding hydrogens is 224 g/mol. The Labute approximate surface area is 96.5 Å². The van der Waals surface area contributed by atoms with Crippen molar-refractivity contribution in [3.8, 4) is 5.69 Å². The lowest BCUT2D eigenvalue weighted by atomic mass is 10.1. The van der Waals surface area contributed by atoms with E-state index in [1.165, 1.54) is 16.9 Å². The summed E-state index contributed by atoms with van der Waals surface area (Å²) in [6.45, 7) is 1.43. The number of aliphatic hydroxyl groups is 1. The summed E-state index contributed by atoms with van der Waals surface area (Å²) in [5.74, 6) is 0. The predicted molar refractivity (Wildman–Crippen MR) is 58.7 cm³/mol. The highest BCUT2D eigenvalue weighted by molar-refractivity contribution is 5.52. The molecule has 2 aromatic rings. The molecule has 0 spiro atoms. The van der Waals surface area contributed by atoms with Crippen LogP contribution in [-0.2, 0) is 6.61 Å². The second-order valence-electron chi connectivity index (χ2n) is 3.49. The van der Waals surface area contributed by atoms with Crippen LogP contribution < -0.4 is 0 Å². The van der Waals surface area contributed by atoms with Gasteiger partial charge >= 0.3 is 0 Å². The third-order valence-corrected chi connectivity index (χ3v) is 2.42. The smallest absolute Gasteiger partial charge is 0.274 e. The summed E-state index contributed by atoms with van der Waals surface area (Å²) in [4.78, 5) is 10.3. The third kappa shape index (κ3) is 2.00. The van der Waals surface area contributed by atoms with Crippen LogP contribution in [0.25, 0.3) is 5.69 Å². The van der Waals surface area contributed by atoms with Gasteiger partial charge in [0.05, 0.1) is 29.0 Å². The number of hydrogen-bond donors (Lipinski definition) is 1. The van der Waals surface area contributed by atoms with Crippen LogP contribution >= 0.6 is 0 Å². The number of nitro groups is 1. The van der Waals surface area contributed by atoms with Crippen molar-refractivity contribution in [2.75, 3.05) is 0 Å². The summed E-state index contributed by atoms with van der Waals surface area (Å²) in [6.07, 6.45) is 1.53. The molecule has 1 aromatic carbocycles. The minimum absolute atomic E-state index is 0.0311. The second-order valence-corrected chi connectivity index (χ2v) is 3.49. The van der Waals surface area contributed by atoms with E-state index in [-0.39, 0.29) is 12.3 Å². The Morgan fingerprint density at radius 3 is 2.88 bits per heavy atom. The maximum atomic E-state index is 10.8. The molecule has 7 heteroatoms. The molecule has 0 saturated heterocycles. The summed E-state index contributed by atoms with van der Waals surface area (Å²) in [5, 5.41) is 27.2. The lowest BCUT2D eigenvalue weighted by Crippen LogP contribution is -2.01. The van der Waals surface area contributed by atoms with Gasteiger partial charge in [0.2, 0.25) is 0 Å². The van der Waals surface area contributed by atoms with Gasteiger partial charge in [-0.2, -0.15) is 0 Å². The maximum Gasteiger partial charge on any atom is 0.274 e. The molecule has 0 bridgehead atoms. The number of benzene rings is 1. The zero-order chi connectivity index (χ0) is 12.4.